The third-order valence-corrected chi connectivity index (χ3v) is 13.8. The van der Waals surface area contributed by atoms with E-state index in [1.165, 1.54) is 7.11 Å². The lowest BCUT2D eigenvalue weighted by Crippen LogP contribution is -2.69. The molecule has 2 aliphatic rings. The SMILES string of the molecule is CO[C@H]1[C@H](OC(=N)C(Cl)(Cl)Cl)O[C@@H](C)[C@@H]2[C@H]1OC(=O)N2[Si](C(C)C)(C(C)C)C(C)C. The molecule has 0 aromatic heterocycles. The molecular formula is C19H33Cl3N2O5Si. The van der Waals surface area contributed by atoms with Gasteiger partial charge in [-0.15, -0.1) is 0 Å². The number of carbonyl (C=O) groups is 1. The Morgan fingerprint density at radius 3 is 2.03 bits per heavy atom. The maximum Gasteiger partial charge on any atom is 0.402 e. The van der Waals surface area contributed by atoms with Gasteiger partial charge in [0.05, 0.1) is 12.1 Å². The molecule has 2 aliphatic heterocycles. The first kappa shape index (κ1) is 26.0. The first-order chi connectivity index (χ1) is 13.7. The summed E-state index contributed by atoms with van der Waals surface area (Å²) in [6.45, 7) is 15.0. The average molecular weight is 504 g/mol. The Bertz CT molecular complexity index is 637. The number of nitrogens with one attached hydrogen (secondary N) is 1. The first-order valence-electron chi connectivity index (χ1n) is 10.2. The highest BCUT2D eigenvalue weighted by molar-refractivity contribution is 6.82. The van der Waals surface area contributed by atoms with Crippen molar-refractivity contribution in [3.8, 4) is 0 Å². The summed E-state index contributed by atoms with van der Waals surface area (Å²) in [5.41, 5.74) is 0.926. The molecule has 0 aromatic carbocycles. The van der Waals surface area contributed by atoms with Gasteiger partial charge in [0.25, 0.3) is 3.79 Å². The van der Waals surface area contributed by atoms with E-state index in [9.17, 15) is 4.79 Å². The molecule has 0 saturated carbocycles. The van der Waals surface area contributed by atoms with Gasteiger partial charge in [-0.25, -0.2) is 4.79 Å². The van der Waals surface area contributed by atoms with Crippen LogP contribution < -0.4 is 0 Å². The minimum Gasteiger partial charge on any atom is -0.445 e. The molecule has 0 unspecified atom stereocenters. The molecule has 5 atom stereocenters. The highest BCUT2D eigenvalue weighted by atomic mass is 35.6. The molecule has 1 N–H and O–H groups in total. The van der Waals surface area contributed by atoms with Crippen LogP contribution in [-0.4, -0.2) is 66.3 Å². The summed E-state index contributed by atoms with van der Waals surface area (Å²) < 4.78 is 23.0. The molecule has 0 aromatic rings. The van der Waals surface area contributed by atoms with E-state index in [2.05, 4.69) is 41.5 Å². The van der Waals surface area contributed by atoms with Gasteiger partial charge in [0, 0.05) is 7.11 Å². The van der Waals surface area contributed by atoms with Crippen molar-refractivity contribution in [3.05, 3.63) is 0 Å². The van der Waals surface area contributed by atoms with Crippen molar-refractivity contribution < 1.29 is 23.7 Å². The molecule has 7 nitrogen and oxygen atoms in total. The molecule has 0 radical (unpaired) electrons. The Morgan fingerprint density at radius 2 is 1.63 bits per heavy atom. The van der Waals surface area contributed by atoms with Gasteiger partial charge in [0.15, 0.2) is 20.4 Å². The number of ether oxygens (including phenoxy) is 4. The minimum absolute atomic E-state index is 0.309. The topological polar surface area (TPSA) is 81.1 Å². The largest absolute Gasteiger partial charge is 0.445 e. The molecule has 2 rings (SSSR count). The summed E-state index contributed by atoms with van der Waals surface area (Å²) in [6.07, 6.45) is -3.21. The van der Waals surface area contributed by atoms with Crippen LogP contribution in [-0.2, 0) is 18.9 Å². The number of alkyl halides is 3. The Hall–Kier alpha value is -0.253. The lowest BCUT2D eigenvalue weighted by atomic mass is 9.98. The second-order valence-corrected chi connectivity index (χ2v) is 16.9. The van der Waals surface area contributed by atoms with Crippen molar-refractivity contribution in [1.29, 1.82) is 5.41 Å². The number of carbonyl (C=O) groups excluding carboxylic acids is 1. The highest BCUT2D eigenvalue weighted by Gasteiger charge is 2.64. The smallest absolute Gasteiger partial charge is 0.402 e. The van der Waals surface area contributed by atoms with Gasteiger partial charge >= 0.3 is 6.09 Å². The number of methoxy groups -OCH3 is 1. The van der Waals surface area contributed by atoms with Crippen LogP contribution in [0.5, 0.6) is 0 Å². The fourth-order valence-corrected chi connectivity index (χ4v) is 12.6. The molecule has 30 heavy (non-hydrogen) atoms. The van der Waals surface area contributed by atoms with Crippen LogP contribution in [0.4, 0.5) is 4.79 Å². The van der Waals surface area contributed by atoms with Crippen LogP contribution >= 0.6 is 34.8 Å². The Balaban J connectivity index is 2.46. The van der Waals surface area contributed by atoms with Crippen LogP contribution in [0.3, 0.4) is 0 Å². The van der Waals surface area contributed by atoms with E-state index in [1.807, 2.05) is 11.5 Å². The van der Waals surface area contributed by atoms with Crippen LogP contribution in [0.2, 0.25) is 16.6 Å². The number of nitrogens with zero attached hydrogens (tertiary/aromatic N) is 1. The number of fused-ring (bicyclic) bond motifs is 1. The second kappa shape index (κ2) is 9.31. The summed E-state index contributed by atoms with van der Waals surface area (Å²) in [6, 6.07) is -0.330. The van der Waals surface area contributed by atoms with E-state index in [-0.39, 0.29) is 12.1 Å². The summed E-state index contributed by atoms with van der Waals surface area (Å²) >= 11 is 17.2. The van der Waals surface area contributed by atoms with Crippen LogP contribution in [0.1, 0.15) is 48.5 Å². The van der Waals surface area contributed by atoms with E-state index in [4.69, 9.17) is 59.2 Å². The fraction of sp³-hybridized carbons (Fsp3) is 0.895. The molecule has 0 spiro atoms. The standard InChI is InChI=1S/C19H33Cl3N2O5Si/c1-9(2)30(10(3)4,11(5)6)24-13-12(7)27-16(29-17(23)19(20,21)22)15(26-8)14(13)28-18(24)25/h9-16,23H,1-8H3/t12-,13+,14+,15+,16-/m0/s1. The molecule has 2 saturated heterocycles. The van der Waals surface area contributed by atoms with Gasteiger partial charge in [0.1, 0.15) is 0 Å². The molecule has 0 aliphatic carbocycles. The normalized spacial score (nSPS) is 30.1. The van der Waals surface area contributed by atoms with E-state index >= 15 is 0 Å². The minimum atomic E-state index is -2.36. The third kappa shape index (κ3) is 4.32. The predicted octanol–water partition coefficient (Wildman–Crippen LogP) is 5.48. The summed E-state index contributed by atoms with van der Waals surface area (Å²) in [5.74, 6) is -0.582. The molecular weight excluding hydrogens is 471 g/mol. The number of amides is 1. The molecule has 1 amide bonds. The lowest BCUT2D eigenvalue weighted by Gasteiger charge is -2.52. The fourth-order valence-electron chi connectivity index (χ4n) is 5.55. The second-order valence-electron chi connectivity index (χ2n) is 8.92. The van der Waals surface area contributed by atoms with E-state index in [0.717, 1.165) is 0 Å². The van der Waals surface area contributed by atoms with Gasteiger partial charge in [-0.2, -0.15) is 0 Å². The molecule has 2 fully saturated rings. The van der Waals surface area contributed by atoms with Gasteiger partial charge in [-0.05, 0) is 23.5 Å². The average Bonchev–Trinajstić information content (AvgIpc) is 2.92. The monoisotopic (exact) mass is 502 g/mol. The molecule has 11 heteroatoms. The molecule has 0 bridgehead atoms. The Kier molecular flexibility index (Phi) is 8.07. The van der Waals surface area contributed by atoms with E-state index in [0.29, 0.717) is 16.6 Å². The zero-order valence-electron chi connectivity index (χ0n) is 18.7. The first-order valence-corrected chi connectivity index (χ1v) is 13.5. The van der Waals surface area contributed by atoms with Crippen molar-refractivity contribution in [2.24, 2.45) is 0 Å². The number of hydrogen-bond acceptors (Lipinski definition) is 6. The quantitative estimate of drug-likeness (QED) is 0.225. The van der Waals surface area contributed by atoms with Crippen molar-refractivity contribution >= 4 is 55.0 Å². The number of rotatable bonds is 6. The molecule has 2 heterocycles. The number of hydrogen-bond donors (Lipinski definition) is 1. The van der Waals surface area contributed by atoms with Crippen molar-refractivity contribution in [2.75, 3.05) is 7.11 Å². The van der Waals surface area contributed by atoms with Gasteiger partial charge in [0.2, 0.25) is 12.2 Å². The zero-order chi connectivity index (χ0) is 23.2. The van der Waals surface area contributed by atoms with Crippen LogP contribution in [0.15, 0.2) is 0 Å². The summed E-state index contributed by atoms with van der Waals surface area (Å²) in [7, 11) is -0.880. The van der Waals surface area contributed by atoms with Crippen molar-refractivity contribution in [3.63, 3.8) is 0 Å². The van der Waals surface area contributed by atoms with Gasteiger partial charge in [-0.3, -0.25) is 5.41 Å². The zero-order valence-corrected chi connectivity index (χ0v) is 22.0. The Labute approximate surface area is 195 Å². The summed E-state index contributed by atoms with van der Waals surface area (Å²) in [5, 5.41) is 7.88. The Morgan fingerprint density at radius 1 is 1.13 bits per heavy atom. The van der Waals surface area contributed by atoms with Crippen LogP contribution in [0, 0.1) is 5.41 Å². The van der Waals surface area contributed by atoms with Gasteiger partial charge in [-0.1, -0.05) is 76.3 Å². The third-order valence-electron chi connectivity index (χ3n) is 6.45. The van der Waals surface area contributed by atoms with Gasteiger partial charge < -0.3 is 23.5 Å². The highest BCUT2D eigenvalue weighted by Crippen LogP contribution is 2.49. The van der Waals surface area contributed by atoms with Crippen molar-refractivity contribution in [1.82, 2.24) is 4.57 Å². The van der Waals surface area contributed by atoms with E-state index in [1.54, 1.807) is 0 Å². The predicted molar refractivity (Wildman–Crippen MR) is 121 cm³/mol. The van der Waals surface area contributed by atoms with E-state index < -0.39 is 42.5 Å². The summed E-state index contributed by atoms with van der Waals surface area (Å²) in [4.78, 5) is 13.3. The lowest BCUT2D eigenvalue weighted by molar-refractivity contribution is -0.246. The molecule has 174 valence electrons. The number of halogens is 3. The maximum absolute atomic E-state index is 13.3. The van der Waals surface area contributed by atoms with Crippen LogP contribution in [0.25, 0.3) is 0 Å². The maximum atomic E-state index is 13.3. The van der Waals surface area contributed by atoms with Crippen molar-refractivity contribution in [2.45, 2.75) is 99.5 Å².